The lowest BCUT2D eigenvalue weighted by atomic mass is 9.92. The van der Waals surface area contributed by atoms with E-state index in [1.807, 2.05) is 9.80 Å². The zero-order chi connectivity index (χ0) is 13.5. The molecule has 2 N–H and O–H groups in total. The molecule has 3 aliphatic heterocycles. The molecule has 0 aliphatic carbocycles. The van der Waals surface area contributed by atoms with Crippen LogP contribution in [0.5, 0.6) is 0 Å². The Hall–Kier alpha value is -1.30. The number of amides is 3. The molecule has 3 saturated heterocycles. The summed E-state index contributed by atoms with van der Waals surface area (Å²) < 4.78 is 0. The molecule has 2 unspecified atom stereocenters. The third-order valence-electron chi connectivity index (χ3n) is 4.78. The number of carbonyl (C=O) groups excluding carboxylic acids is 2. The SMILES string of the molecule is CCC1(C(=O)N2CCN3C(=O)NCC3C2)CCCN1. The highest BCUT2D eigenvalue weighted by atomic mass is 16.2. The van der Waals surface area contributed by atoms with Crippen LogP contribution in [0.2, 0.25) is 0 Å². The number of hydrogen-bond donors (Lipinski definition) is 2. The van der Waals surface area contributed by atoms with Crippen molar-refractivity contribution in [3.8, 4) is 0 Å². The van der Waals surface area contributed by atoms with Crippen molar-refractivity contribution >= 4 is 11.9 Å². The molecule has 0 aromatic carbocycles. The summed E-state index contributed by atoms with van der Waals surface area (Å²) >= 11 is 0. The molecule has 0 spiro atoms. The zero-order valence-electron chi connectivity index (χ0n) is 11.4. The van der Waals surface area contributed by atoms with Crippen LogP contribution >= 0.6 is 0 Å². The lowest BCUT2D eigenvalue weighted by Gasteiger charge is -2.40. The first-order valence-electron chi connectivity index (χ1n) is 7.25. The molecule has 3 heterocycles. The van der Waals surface area contributed by atoms with Crippen molar-refractivity contribution in [2.75, 3.05) is 32.7 Å². The van der Waals surface area contributed by atoms with E-state index in [1.54, 1.807) is 0 Å². The van der Waals surface area contributed by atoms with Crippen molar-refractivity contribution < 1.29 is 9.59 Å². The Morgan fingerprint density at radius 2 is 2.32 bits per heavy atom. The van der Waals surface area contributed by atoms with Gasteiger partial charge in [0.1, 0.15) is 0 Å². The van der Waals surface area contributed by atoms with E-state index >= 15 is 0 Å². The van der Waals surface area contributed by atoms with Crippen LogP contribution in [0, 0.1) is 0 Å². The van der Waals surface area contributed by atoms with Gasteiger partial charge in [0.2, 0.25) is 5.91 Å². The predicted molar refractivity (Wildman–Crippen MR) is 70.7 cm³/mol. The Bertz CT molecular complexity index is 392. The van der Waals surface area contributed by atoms with Crippen LogP contribution in [-0.2, 0) is 4.79 Å². The second kappa shape index (κ2) is 4.67. The molecule has 3 fully saturated rings. The van der Waals surface area contributed by atoms with E-state index in [2.05, 4.69) is 17.6 Å². The van der Waals surface area contributed by atoms with Gasteiger partial charge in [-0.1, -0.05) is 6.92 Å². The van der Waals surface area contributed by atoms with Gasteiger partial charge >= 0.3 is 6.03 Å². The van der Waals surface area contributed by atoms with Gasteiger partial charge in [-0.3, -0.25) is 4.79 Å². The molecule has 2 atom stereocenters. The summed E-state index contributed by atoms with van der Waals surface area (Å²) in [5, 5.41) is 6.25. The minimum Gasteiger partial charge on any atom is -0.337 e. The van der Waals surface area contributed by atoms with Crippen molar-refractivity contribution in [3.05, 3.63) is 0 Å². The third-order valence-corrected chi connectivity index (χ3v) is 4.78. The quantitative estimate of drug-likeness (QED) is 0.725. The van der Waals surface area contributed by atoms with Gasteiger partial charge in [0, 0.05) is 26.2 Å². The molecule has 0 aromatic heterocycles. The molecule has 3 aliphatic rings. The summed E-state index contributed by atoms with van der Waals surface area (Å²) in [7, 11) is 0. The highest BCUT2D eigenvalue weighted by Gasteiger charge is 2.45. The monoisotopic (exact) mass is 266 g/mol. The molecule has 0 aromatic rings. The minimum absolute atomic E-state index is 0.0151. The first-order chi connectivity index (χ1) is 9.16. The maximum absolute atomic E-state index is 12.8. The van der Waals surface area contributed by atoms with Crippen LogP contribution in [0.15, 0.2) is 0 Å². The summed E-state index contributed by atoms with van der Waals surface area (Å²) in [6, 6.07) is 0.168. The van der Waals surface area contributed by atoms with E-state index in [1.165, 1.54) is 0 Å². The smallest absolute Gasteiger partial charge is 0.317 e. The maximum Gasteiger partial charge on any atom is 0.317 e. The maximum atomic E-state index is 12.8. The van der Waals surface area contributed by atoms with Gasteiger partial charge in [-0.2, -0.15) is 0 Å². The van der Waals surface area contributed by atoms with E-state index in [-0.39, 0.29) is 23.5 Å². The number of fused-ring (bicyclic) bond motifs is 1. The molecular formula is C13H22N4O2. The highest BCUT2D eigenvalue weighted by molar-refractivity contribution is 5.87. The second-order valence-electron chi connectivity index (χ2n) is 5.75. The van der Waals surface area contributed by atoms with E-state index in [4.69, 9.17) is 0 Å². The number of urea groups is 1. The number of rotatable bonds is 2. The standard InChI is InChI=1S/C13H22N4O2/c1-2-13(4-3-5-15-13)11(18)16-6-7-17-10(9-16)8-14-12(17)19/h10,15H,2-9H2,1H3,(H,14,19). The van der Waals surface area contributed by atoms with Gasteiger partial charge in [-0.25, -0.2) is 4.79 Å². The Kier molecular flexibility index (Phi) is 3.12. The molecular weight excluding hydrogens is 244 g/mol. The second-order valence-corrected chi connectivity index (χ2v) is 5.75. The summed E-state index contributed by atoms with van der Waals surface area (Å²) in [5.41, 5.74) is -0.349. The Morgan fingerprint density at radius 3 is 3.00 bits per heavy atom. The Morgan fingerprint density at radius 1 is 1.47 bits per heavy atom. The summed E-state index contributed by atoms with van der Waals surface area (Å²) in [6.45, 7) is 5.65. The molecule has 6 nitrogen and oxygen atoms in total. The number of hydrogen-bond acceptors (Lipinski definition) is 3. The van der Waals surface area contributed by atoms with Crippen molar-refractivity contribution in [2.45, 2.75) is 37.8 Å². The third kappa shape index (κ3) is 1.98. The average Bonchev–Trinajstić information content (AvgIpc) is 3.06. The number of carbonyl (C=O) groups is 2. The molecule has 3 rings (SSSR count). The van der Waals surface area contributed by atoms with E-state index in [0.29, 0.717) is 26.2 Å². The van der Waals surface area contributed by atoms with Crippen molar-refractivity contribution in [3.63, 3.8) is 0 Å². The average molecular weight is 266 g/mol. The molecule has 0 radical (unpaired) electrons. The largest absolute Gasteiger partial charge is 0.337 e. The summed E-state index contributed by atoms with van der Waals surface area (Å²) in [4.78, 5) is 28.1. The van der Waals surface area contributed by atoms with Crippen molar-refractivity contribution in [1.29, 1.82) is 0 Å². The van der Waals surface area contributed by atoms with Gasteiger partial charge < -0.3 is 20.4 Å². The molecule has 19 heavy (non-hydrogen) atoms. The highest BCUT2D eigenvalue weighted by Crippen LogP contribution is 2.27. The van der Waals surface area contributed by atoms with Gasteiger partial charge in [-0.05, 0) is 25.8 Å². The Labute approximate surface area is 113 Å². The summed E-state index contributed by atoms with van der Waals surface area (Å²) in [5.74, 6) is 0.228. The molecule has 0 bridgehead atoms. The van der Waals surface area contributed by atoms with Crippen LogP contribution in [0.4, 0.5) is 4.79 Å². The lowest BCUT2D eigenvalue weighted by molar-refractivity contribution is -0.140. The number of piperazine rings is 1. The fraction of sp³-hybridized carbons (Fsp3) is 0.846. The van der Waals surface area contributed by atoms with Crippen LogP contribution < -0.4 is 10.6 Å². The molecule has 0 saturated carbocycles. The first-order valence-corrected chi connectivity index (χ1v) is 7.25. The van der Waals surface area contributed by atoms with Crippen LogP contribution in [0.25, 0.3) is 0 Å². The van der Waals surface area contributed by atoms with Crippen LogP contribution in [0.3, 0.4) is 0 Å². The fourth-order valence-electron chi connectivity index (χ4n) is 3.53. The van der Waals surface area contributed by atoms with Crippen molar-refractivity contribution in [1.82, 2.24) is 20.4 Å². The number of nitrogens with zero attached hydrogens (tertiary/aromatic N) is 2. The van der Waals surface area contributed by atoms with Gasteiger partial charge in [0.05, 0.1) is 11.6 Å². The molecule has 3 amide bonds. The molecule has 106 valence electrons. The van der Waals surface area contributed by atoms with E-state index in [0.717, 1.165) is 25.8 Å². The van der Waals surface area contributed by atoms with Crippen LogP contribution in [0.1, 0.15) is 26.2 Å². The number of nitrogens with one attached hydrogen (secondary N) is 2. The van der Waals surface area contributed by atoms with E-state index in [9.17, 15) is 9.59 Å². The van der Waals surface area contributed by atoms with Crippen molar-refractivity contribution in [2.24, 2.45) is 0 Å². The summed E-state index contributed by atoms with van der Waals surface area (Å²) in [6.07, 6.45) is 2.85. The van der Waals surface area contributed by atoms with Crippen LogP contribution in [-0.4, -0.2) is 66.0 Å². The fourth-order valence-corrected chi connectivity index (χ4v) is 3.53. The lowest BCUT2D eigenvalue weighted by Crippen LogP contribution is -2.61. The zero-order valence-corrected chi connectivity index (χ0v) is 11.4. The Balaban J connectivity index is 1.70. The predicted octanol–water partition coefficient (Wildman–Crippen LogP) is -0.245. The van der Waals surface area contributed by atoms with Gasteiger partial charge in [0.25, 0.3) is 0 Å². The normalized spacial score (nSPS) is 34.4. The minimum atomic E-state index is -0.349. The van der Waals surface area contributed by atoms with E-state index < -0.39 is 0 Å². The molecule has 6 heteroatoms. The first kappa shape index (κ1) is 12.7. The topological polar surface area (TPSA) is 64.7 Å². The van der Waals surface area contributed by atoms with Gasteiger partial charge in [-0.15, -0.1) is 0 Å². The van der Waals surface area contributed by atoms with Gasteiger partial charge in [0.15, 0.2) is 0 Å².